The Bertz CT molecular complexity index is 1050. The van der Waals surface area contributed by atoms with Crippen molar-refractivity contribution in [3.63, 3.8) is 0 Å². The number of carbonyl (C=O) groups is 2. The van der Waals surface area contributed by atoms with Gasteiger partial charge in [-0.2, -0.15) is 0 Å². The molecule has 1 aliphatic carbocycles. The molecule has 2 aromatic rings. The maximum Gasteiger partial charge on any atom is 0.228 e. The summed E-state index contributed by atoms with van der Waals surface area (Å²) in [6.45, 7) is 6.27. The monoisotopic (exact) mass is 469 g/mol. The van der Waals surface area contributed by atoms with Crippen molar-refractivity contribution < 1.29 is 18.4 Å². The average Bonchev–Trinajstić information content (AvgIpc) is 3.35. The first-order valence-corrected chi connectivity index (χ1v) is 12.2. The van der Waals surface area contributed by atoms with E-state index in [2.05, 4.69) is 17.1 Å². The molecule has 1 heterocycles. The van der Waals surface area contributed by atoms with Crippen LogP contribution in [0.2, 0.25) is 0 Å². The van der Waals surface area contributed by atoms with Gasteiger partial charge in [0.1, 0.15) is 11.6 Å². The Morgan fingerprint density at radius 3 is 2.47 bits per heavy atom. The molecule has 0 aromatic heterocycles. The maximum atomic E-state index is 14.8. The number of nitrogens with one attached hydrogen (secondary N) is 1. The molecule has 4 rings (SSSR count). The molecule has 0 spiro atoms. The zero-order chi connectivity index (χ0) is 24.2. The maximum absolute atomic E-state index is 14.8. The molecule has 2 aliphatic rings. The summed E-state index contributed by atoms with van der Waals surface area (Å²) in [7, 11) is 0. The second-order valence-corrected chi connectivity index (χ2v) is 9.61. The number of hydrogen-bond acceptors (Lipinski definition) is 3. The topological polar surface area (TPSA) is 52.7 Å². The molecular formula is C27H33F2N3O2. The fraction of sp³-hybridized carbons (Fsp3) is 0.481. The molecule has 1 unspecified atom stereocenters. The molecule has 34 heavy (non-hydrogen) atoms. The molecule has 5 nitrogen and oxygen atoms in total. The van der Waals surface area contributed by atoms with Gasteiger partial charge in [-0.05, 0) is 56.0 Å². The van der Waals surface area contributed by atoms with Crippen molar-refractivity contribution in [3.8, 4) is 0 Å². The van der Waals surface area contributed by atoms with E-state index in [0.717, 1.165) is 25.7 Å². The van der Waals surface area contributed by atoms with Crippen molar-refractivity contribution in [3.05, 3.63) is 64.7 Å². The van der Waals surface area contributed by atoms with E-state index in [1.54, 1.807) is 31.2 Å². The van der Waals surface area contributed by atoms with Crippen LogP contribution in [-0.2, 0) is 22.6 Å². The molecule has 2 aromatic carbocycles. The zero-order valence-electron chi connectivity index (χ0n) is 19.9. The van der Waals surface area contributed by atoms with Crippen LogP contribution in [-0.4, -0.2) is 47.3 Å². The molecule has 7 heteroatoms. The number of benzene rings is 2. The summed E-state index contributed by atoms with van der Waals surface area (Å²) >= 11 is 0. The molecule has 2 amide bonds. The number of halogens is 2. The van der Waals surface area contributed by atoms with Crippen LogP contribution in [0.25, 0.3) is 0 Å². The molecule has 1 saturated heterocycles. The Morgan fingerprint density at radius 1 is 1.03 bits per heavy atom. The molecule has 1 N–H and O–H groups in total. The normalized spacial score (nSPS) is 19.4. The number of piperazine rings is 1. The summed E-state index contributed by atoms with van der Waals surface area (Å²) in [4.78, 5) is 29.5. The van der Waals surface area contributed by atoms with Crippen LogP contribution in [0.1, 0.15) is 49.3 Å². The summed E-state index contributed by atoms with van der Waals surface area (Å²) in [5.41, 5.74) is 2.05. The van der Waals surface area contributed by atoms with Gasteiger partial charge >= 0.3 is 0 Å². The first-order valence-electron chi connectivity index (χ1n) is 12.2. The molecule has 1 aliphatic heterocycles. The molecule has 2 fully saturated rings. The summed E-state index contributed by atoms with van der Waals surface area (Å²) in [5, 5.41) is 2.81. The quantitative estimate of drug-likeness (QED) is 0.669. The standard InChI is InChI=1S/C27H33F2N3O2/c1-18-16-31(13-14-32(18)27(34)20-7-3-4-8-20)17-22-19(2)25(12-11-24(22)29)30-26(33)15-21-9-5-6-10-23(21)28/h5-6,9-12,18,20H,3-4,7-8,13-17H2,1-2H3,(H,30,33). The van der Waals surface area contributed by atoms with Crippen molar-refractivity contribution in [1.29, 1.82) is 0 Å². The second kappa shape index (κ2) is 10.6. The van der Waals surface area contributed by atoms with Crippen molar-refractivity contribution in [2.45, 2.75) is 58.5 Å². The van der Waals surface area contributed by atoms with Crippen molar-refractivity contribution >= 4 is 17.5 Å². The van der Waals surface area contributed by atoms with Crippen LogP contribution in [0.3, 0.4) is 0 Å². The lowest BCUT2D eigenvalue weighted by Crippen LogP contribution is -2.54. The smallest absolute Gasteiger partial charge is 0.228 e. The zero-order valence-corrected chi connectivity index (χ0v) is 19.9. The minimum Gasteiger partial charge on any atom is -0.337 e. The van der Waals surface area contributed by atoms with Crippen molar-refractivity contribution in [2.24, 2.45) is 5.92 Å². The van der Waals surface area contributed by atoms with Crippen LogP contribution in [0, 0.1) is 24.5 Å². The average molecular weight is 470 g/mol. The lowest BCUT2D eigenvalue weighted by atomic mass is 10.0. The molecular weight excluding hydrogens is 436 g/mol. The Labute approximate surface area is 200 Å². The van der Waals surface area contributed by atoms with Crippen LogP contribution < -0.4 is 5.32 Å². The number of hydrogen-bond donors (Lipinski definition) is 1. The summed E-state index contributed by atoms with van der Waals surface area (Å²) in [5.74, 6) is -0.654. The molecule has 1 saturated carbocycles. The van der Waals surface area contributed by atoms with Gasteiger partial charge in [-0.3, -0.25) is 14.5 Å². The largest absolute Gasteiger partial charge is 0.337 e. The molecule has 182 valence electrons. The third-order valence-corrected chi connectivity index (χ3v) is 7.21. The fourth-order valence-electron chi connectivity index (χ4n) is 5.20. The number of anilines is 1. The van der Waals surface area contributed by atoms with Crippen molar-refractivity contribution in [1.82, 2.24) is 9.80 Å². The highest BCUT2D eigenvalue weighted by Gasteiger charge is 2.33. The van der Waals surface area contributed by atoms with Gasteiger partial charge in [0.15, 0.2) is 0 Å². The van der Waals surface area contributed by atoms with Crippen molar-refractivity contribution in [2.75, 3.05) is 25.0 Å². The van der Waals surface area contributed by atoms with Gasteiger partial charge in [0.05, 0.1) is 6.42 Å². The Balaban J connectivity index is 1.40. The lowest BCUT2D eigenvalue weighted by molar-refractivity contribution is -0.140. The Morgan fingerprint density at radius 2 is 1.76 bits per heavy atom. The van der Waals surface area contributed by atoms with E-state index in [9.17, 15) is 18.4 Å². The highest BCUT2D eigenvalue weighted by Crippen LogP contribution is 2.29. The van der Waals surface area contributed by atoms with Crippen LogP contribution >= 0.6 is 0 Å². The van der Waals surface area contributed by atoms with E-state index in [-0.39, 0.29) is 36.0 Å². The first-order chi connectivity index (χ1) is 16.3. The van der Waals surface area contributed by atoms with Crippen LogP contribution in [0.15, 0.2) is 36.4 Å². The highest BCUT2D eigenvalue weighted by atomic mass is 19.1. The third kappa shape index (κ3) is 5.46. The predicted molar refractivity (Wildman–Crippen MR) is 128 cm³/mol. The van der Waals surface area contributed by atoms with Gasteiger partial charge in [-0.1, -0.05) is 31.0 Å². The van der Waals surface area contributed by atoms with E-state index in [1.807, 2.05) is 4.90 Å². The van der Waals surface area contributed by atoms with Gasteiger partial charge in [0.25, 0.3) is 0 Å². The van der Waals surface area contributed by atoms with Gasteiger partial charge in [-0.25, -0.2) is 8.78 Å². The van der Waals surface area contributed by atoms with E-state index < -0.39 is 5.82 Å². The van der Waals surface area contributed by atoms with E-state index in [4.69, 9.17) is 0 Å². The number of carbonyl (C=O) groups excluding carboxylic acids is 2. The summed E-state index contributed by atoms with van der Waals surface area (Å²) < 4.78 is 28.7. The first kappa shape index (κ1) is 24.3. The molecule has 0 radical (unpaired) electrons. The lowest BCUT2D eigenvalue weighted by Gasteiger charge is -2.41. The van der Waals surface area contributed by atoms with Crippen LogP contribution in [0.5, 0.6) is 0 Å². The minimum absolute atomic E-state index is 0.0777. The number of rotatable bonds is 6. The third-order valence-electron chi connectivity index (χ3n) is 7.21. The SMILES string of the molecule is Cc1c(NC(=O)Cc2ccccc2F)ccc(F)c1CN1CCN(C(=O)C2CCCC2)C(C)C1. The highest BCUT2D eigenvalue weighted by molar-refractivity contribution is 5.93. The Kier molecular flexibility index (Phi) is 7.61. The van der Waals surface area contributed by atoms with Gasteiger partial charge < -0.3 is 10.2 Å². The molecule has 1 atom stereocenters. The molecule has 0 bridgehead atoms. The number of amides is 2. The van der Waals surface area contributed by atoms with Crippen LogP contribution in [0.4, 0.5) is 14.5 Å². The van der Waals surface area contributed by atoms with Gasteiger partial charge in [-0.15, -0.1) is 0 Å². The summed E-state index contributed by atoms with van der Waals surface area (Å²) in [6, 6.07) is 9.17. The van der Waals surface area contributed by atoms with E-state index in [1.165, 1.54) is 12.1 Å². The van der Waals surface area contributed by atoms with E-state index in [0.29, 0.717) is 48.6 Å². The minimum atomic E-state index is -0.422. The fourth-order valence-corrected chi connectivity index (χ4v) is 5.20. The van der Waals surface area contributed by atoms with Gasteiger partial charge in [0, 0.05) is 49.4 Å². The number of nitrogens with zero attached hydrogens (tertiary/aromatic N) is 2. The second-order valence-electron chi connectivity index (χ2n) is 9.61. The Hall–Kier alpha value is -2.80. The summed E-state index contributed by atoms with van der Waals surface area (Å²) in [6.07, 6.45) is 4.16. The predicted octanol–water partition coefficient (Wildman–Crippen LogP) is 4.68. The van der Waals surface area contributed by atoms with E-state index >= 15 is 0 Å². The van der Waals surface area contributed by atoms with Gasteiger partial charge in [0.2, 0.25) is 11.8 Å².